The molecule has 0 amide bonds. The molecule has 121 valence electrons. The highest BCUT2D eigenvalue weighted by molar-refractivity contribution is 4.83. The Hall–Kier alpha value is 0. The van der Waals surface area contributed by atoms with E-state index >= 15 is 0 Å². The largest absolute Gasteiger partial charge is 0.0654 e. The molecule has 20 heavy (non-hydrogen) atoms. The molecule has 0 aromatic heterocycles. The van der Waals surface area contributed by atoms with Crippen molar-refractivity contribution in [1.82, 2.24) is 0 Å². The molecule has 0 N–H and O–H groups in total. The lowest BCUT2D eigenvalue weighted by Gasteiger charge is -2.10. The fourth-order valence-electron chi connectivity index (χ4n) is 2.89. The van der Waals surface area contributed by atoms with E-state index in [2.05, 4.69) is 20.8 Å². The molecule has 0 bridgehead atoms. The van der Waals surface area contributed by atoms with Crippen LogP contribution >= 0.6 is 0 Å². The summed E-state index contributed by atoms with van der Waals surface area (Å²) in [6, 6.07) is 0. The monoisotopic (exact) mass is 281 g/mol. The maximum Gasteiger partial charge on any atom is -0.0272 e. The quantitative estimate of drug-likeness (QED) is 0.252. The molecule has 0 aliphatic carbocycles. The smallest absolute Gasteiger partial charge is 0.0272 e. The van der Waals surface area contributed by atoms with E-state index in [0.717, 1.165) is 0 Å². The fraction of sp³-hybridized carbons (Fsp3) is 0.950. The molecular weight excluding hydrogens is 240 g/mol. The number of hydrogen-bond donors (Lipinski definition) is 0. The van der Waals surface area contributed by atoms with Gasteiger partial charge in [-0.1, -0.05) is 111 Å². The van der Waals surface area contributed by atoms with E-state index in [-0.39, 0.29) is 0 Å². The minimum atomic E-state index is 1.36. The molecule has 0 saturated heterocycles. The van der Waals surface area contributed by atoms with E-state index in [1.54, 1.807) is 5.92 Å². The summed E-state index contributed by atoms with van der Waals surface area (Å²) in [6.45, 7) is 6.97. The first-order valence-corrected chi connectivity index (χ1v) is 9.62. The summed E-state index contributed by atoms with van der Waals surface area (Å²) < 4.78 is 0. The van der Waals surface area contributed by atoms with Crippen molar-refractivity contribution in [3.05, 3.63) is 5.92 Å². The average molecular weight is 282 g/mol. The van der Waals surface area contributed by atoms with E-state index in [0.29, 0.717) is 0 Å². The normalized spacial score (nSPS) is 11.4. The molecular formula is C20H41. The van der Waals surface area contributed by atoms with Crippen molar-refractivity contribution in [2.45, 2.75) is 124 Å². The molecule has 0 heterocycles. The zero-order chi connectivity index (χ0) is 14.9. The van der Waals surface area contributed by atoms with Crippen LogP contribution < -0.4 is 0 Å². The molecule has 0 aromatic carbocycles. The first-order valence-electron chi connectivity index (χ1n) is 9.62. The Bertz CT molecular complexity index is 161. The third-order valence-electron chi connectivity index (χ3n) is 4.41. The second-order valence-electron chi connectivity index (χ2n) is 6.70. The Balaban J connectivity index is 3.10. The summed E-state index contributed by atoms with van der Waals surface area (Å²) in [4.78, 5) is 0. The maximum absolute atomic E-state index is 2.38. The molecule has 1 radical (unpaired) electrons. The van der Waals surface area contributed by atoms with Crippen LogP contribution in [0.4, 0.5) is 0 Å². The topological polar surface area (TPSA) is 0 Å². The lowest BCUT2D eigenvalue weighted by Crippen LogP contribution is -1.93. The van der Waals surface area contributed by atoms with Crippen LogP contribution in [0.3, 0.4) is 0 Å². The molecule has 0 rings (SSSR count). The van der Waals surface area contributed by atoms with Gasteiger partial charge in [-0.05, 0) is 18.8 Å². The summed E-state index contributed by atoms with van der Waals surface area (Å²) in [5, 5.41) is 0. The van der Waals surface area contributed by atoms with Gasteiger partial charge >= 0.3 is 0 Å². The van der Waals surface area contributed by atoms with Gasteiger partial charge in [0, 0.05) is 0 Å². The SMILES string of the molecule is CCCCCCCCCC[C](C)CCCCCCCC. The lowest BCUT2D eigenvalue weighted by atomic mass is 9.96. The fourth-order valence-corrected chi connectivity index (χ4v) is 2.89. The van der Waals surface area contributed by atoms with Crippen LogP contribution in [0, 0.1) is 5.92 Å². The van der Waals surface area contributed by atoms with Crippen molar-refractivity contribution in [3.63, 3.8) is 0 Å². The first-order chi connectivity index (χ1) is 9.81. The summed E-state index contributed by atoms with van der Waals surface area (Å²) in [5.74, 6) is 1.76. The summed E-state index contributed by atoms with van der Waals surface area (Å²) in [6.07, 6.45) is 22.9. The molecule has 0 spiro atoms. The second kappa shape index (κ2) is 17.1. The zero-order valence-electron chi connectivity index (χ0n) is 14.8. The highest BCUT2D eigenvalue weighted by atomic mass is 14.1. The van der Waals surface area contributed by atoms with Crippen LogP contribution in [0.25, 0.3) is 0 Å². The molecule has 0 fully saturated rings. The van der Waals surface area contributed by atoms with Crippen LogP contribution in [-0.4, -0.2) is 0 Å². The maximum atomic E-state index is 2.38. The van der Waals surface area contributed by atoms with Gasteiger partial charge in [0.2, 0.25) is 0 Å². The van der Waals surface area contributed by atoms with Crippen molar-refractivity contribution in [2.24, 2.45) is 0 Å². The van der Waals surface area contributed by atoms with Gasteiger partial charge in [-0.3, -0.25) is 0 Å². The highest BCUT2D eigenvalue weighted by Gasteiger charge is 2.02. The molecule has 0 aromatic rings. The molecule has 0 aliphatic heterocycles. The van der Waals surface area contributed by atoms with Crippen LogP contribution in [-0.2, 0) is 0 Å². The molecule has 0 saturated carbocycles. The van der Waals surface area contributed by atoms with E-state index in [1.807, 2.05) is 0 Å². The zero-order valence-corrected chi connectivity index (χ0v) is 14.8. The van der Waals surface area contributed by atoms with Gasteiger partial charge in [-0.2, -0.15) is 0 Å². The predicted molar refractivity (Wildman–Crippen MR) is 94.1 cm³/mol. The van der Waals surface area contributed by atoms with E-state index < -0.39 is 0 Å². The molecule has 0 atom stereocenters. The van der Waals surface area contributed by atoms with Crippen LogP contribution in [0.2, 0.25) is 0 Å². The molecule has 0 aliphatic rings. The Morgan fingerprint density at radius 2 is 0.750 bits per heavy atom. The number of unbranched alkanes of at least 4 members (excludes halogenated alkanes) is 12. The standard InChI is InChI=1S/C20H41/c1-4-6-8-10-12-13-15-17-19-20(3)18-16-14-11-9-7-5-2/h4-19H2,1-3H3. The van der Waals surface area contributed by atoms with Crippen molar-refractivity contribution in [3.8, 4) is 0 Å². The van der Waals surface area contributed by atoms with Crippen molar-refractivity contribution >= 4 is 0 Å². The number of rotatable bonds is 16. The van der Waals surface area contributed by atoms with E-state index in [1.165, 1.54) is 103 Å². The van der Waals surface area contributed by atoms with Gasteiger partial charge < -0.3 is 0 Å². The predicted octanol–water partition coefficient (Wildman–Crippen LogP) is 7.86. The minimum absolute atomic E-state index is 1.36. The van der Waals surface area contributed by atoms with Gasteiger partial charge in [0.1, 0.15) is 0 Å². The minimum Gasteiger partial charge on any atom is -0.0654 e. The Morgan fingerprint density at radius 3 is 1.10 bits per heavy atom. The van der Waals surface area contributed by atoms with Crippen molar-refractivity contribution < 1.29 is 0 Å². The van der Waals surface area contributed by atoms with Gasteiger partial charge in [0.25, 0.3) is 0 Å². The van der Waals surface area contributed by atoms with Crippen molar-refractivity contribution in [2.75, 3.05) is 0 Å². The third-order valence-corrected chi connectivity index (χ3v) is 4.41. The molecule has 0 heteroatoms. The Labute approximate surface area is 130 Å². The first kappa shape index (κ1) is 20.0. The Kier molecular flexibility index (Phi) is 17.1. The molecule has 0 unspecified atom stereocenters. The second-order valence-corrected chi connectivity index (χ2v) is 6.70. The van der Waals surface area contributed by atoms with E-state index in [4.69, 9.17) is 0 Å². The van der Waals surface area contributed by atoms with Gasteiger partial charge in [0.05, 0.1) is 0 Å². The van der Waals surface area contributed by atoms with Gasteiger partial charge in [-0.15, -0.1) is 0 Å². The van der Waals surface area contributed by atoms with Gasteiger partial charge in [0.15, 0.2) is 0 Å². The van der Waals surface area contributed by atoms with Crippen molar-refractivity contribution in [1.29, 1.82) is 0 Å². The number of hydrogen-bond acceptors (Lipinski definition) is 0. The average Bonchev–Trinajstić information content (AvgIpc) is 2.45. The highest BCUT2D eigenvalue weighted by Crippen LogP contribution is 2.20. The summed E-state index contributed by atoms with van der Waals surface area (Å²) in [5.41, 5.74) is 0. The van der Waals surface area contributed by atoms with Crippen LogP contribution in [0.15, 0.2) is 0 Å². The lowest BCUT2D eigenvalue weighted by molar-refractivity contribution is 0.546. The Morgan fingerprint density at radius 1 is 0.450 bits per heavy atom. The van der Waals surface area contributed by atoms with E-state index in [9.17, 15) is 0 Å². The molecule has 0 nitrogen and oxygen atoms in total. The van der Waals surface area contributed by atoms with Crippen LogP contribution in [0.5, 0.6) is 0 Å². The third kappa shape index (κ3) is 16.1. The van der Waals surface area contributed by atoms with Gasteiger partial charge in [-0.25, -0.2) is 0 Å². The summed E-state index contributed by atoms with van der Waals surface area (Å²) in [7, 11) is 0. The summed E-state index contributed by atoms with van der Waals surface area (Å²) >= 11 is 0. The van der Waals surface area contributed by atoms with Crippen LogP contribution in [0.1, 0.15) is 124 Å².